The highest BCUT2D eigenvalue weighted by Gasteiger charge is 2.19. The SMILES string of the molecule is CCOc1cc(-c2ccc(S(=O)(=O)Nc3cc(SCC(=O)O)c(O)c4ccccc34)cc2)ccc1F. The molecule has 0 unspecified atom stereocenters. The van der Waals surface area contributed by atoms with Gasteiger partial charge in [0.15, 0.2) is 11.6 Å². The molecule has 0 fully saturated rings. The van der Waals surface area contributed by atoms with E-state index in [9.17, 15) is 22.7 Å². The summed E-state index contributed by atoms with van der Waals surface area (Å²) in [7, 11) is -4.03. The summed E-state index contributed by atoms with van der Waals surface area (Å²) in [5, 5.41) is 20.4. The maximum absolute atomic E-state index is 13.9. The Bertz CT molecular complexity index is 1540. The molecule has 3 N–H and O–H groups in total. The number of anilines is 1. The second-order valence-corrected chi connectivity index (χ2v) is 10.4. The summed E-state index contributed by atoms with van der Waals surface area (Å²) in [6.07, 6.45) is 0. The number of aliphatic carboxylic acids is 1. The number of benzene rings is 4. The minimum Gasteiger partial charge on any atom is -0.506 e. The van der Waals surface area contributed by atoms with Gasteiger partial charge in [0, 0.05) is 10.8 Å². The Balaban J connectivity index is 1.66. The van der Waals surface area contributed by atoms with E-state index in [0.29, 0.717) is 28.5 Å². The molecule has 4 rings (SSSR count). The molecule has 36 heavy (non-hydrogen) atoms. The van der Waals surface area contributed by atoms with Gasteiger partial charge in [0.1, 0.15) is 5.75 Å². The van der Waals surface area contributed by atoms with Gasteiger partial charge >= 0.3 is 5.97 Å². The van der Waals surface area contributed by atoms with E-state index in [1.165, 1.54) is 24.3 Å². The lowest BCUT2D eigenvalue weighted by molar-refractivity contribution is -0.133. The molecule has 0 saturated heterocycles. The number of ether oxygens (including phenoxy) is 1. The highest BCUT2D eigenvalue weighted by atomic mass is 32.2. The molecule has 4 aromatic carbocycles. The number of fused-ring (bicyclic) bond motifs is 1. The van der Waals surface area contributed by atoms with Crippen LogP contribution in [0.2, 0.25) is 0 Å². The maximum Gasteiger partial charge on any atom is 0.313 e. The predicted octanol–water partition coefficient (Wildman–Crippen LogP) is 5.73. The molecule has 0 spiro atoms. The van der Waals surface area contributed by atoms with Gasteiger partial charge in [-0.05, 0) is 48.4 Å². The lowest BCUT2D eigenvalue weighted by Crippen LogP contribution is -2.13. The second-order valence-electron chi connectivity index (χ2n) is 7.71. The molecular formula is C26H22FNO6S2. The number of aromatic hydroxyl groups is 1. The van der Waals surface area contributed by atoms with Crippen LogP contribution < -0.4 is 9.46 Å². The Hall–Kier alpha value is -3.76. The number of nitrogens with one attached hydrogen (secondary N) is 1. The monoisotopic (exact) mass is 527 g/mol. The molecule has 0 aliphatic rings. The molecule has 0 heterocycles. The number of hydrogen-bond acceptors (Lipinski definition) is 6. The van der Waals surface area contributed by atoms with E-state index < -0.39 is 21.8 Å². The molecule has 0 aromatic heterocycles. The number of carbonyl (C=O) groups is 1. The molecule has 0 atom stereocenters. The van der Waals surface area contributed by atoms with Gasteiger partial charge in [-0.2, -0.15) is 0 Å². The van der Waals surface area contributed by atoms with Gasteiger partial charge in [-0.25, -0.2) is 12.8 Å². The van der Waals surface area contributed by atoms with Crippen LogP contribution in [0.3, 0.4) is 0 Å². The predicted molar refractivity (Wildman–Crippen MR) is 138 cm³/mol. The van der Waals surface area contributed by atoms with E-state index in [2.05, 4.69) is 4.72 Å². The zero-order valence-electron chi connectivity index (χ0n) is 19.1. The van der Waals surface area contributed by atoms with E-state index in [0.717, 1.165) is 11.8 Å². The number of phenols is 1. The normalized spacial score (nSPS) is 11.4. The third-order valence-electron chi connectivity index (χ3n) is 5.31. The van der Waals surface area contributed by atoms with E-state index in [-0.39, 0.29) is 32.7 Å². The maximum atomic E-state index is 13.9. The summed E-state index contributed by atoms with van der Waals surface area (Å²) in [5.41, 5.74) is 1.55. The van der Waals surface area contributed by atoms with Crippen LogP contribution in [0.5, 0.6) is 11.5 Å². The van der Waals surface area contributed by atoms with Crippen molar-refractivity contribution >= 4 is 44.2 Å². The van der Waals surface area contributed by atoms with E-state index in [1.807, 2.05) is 0 Å². The smallest absolute Gasteiger partial charge is 0.313 e. The van der Waals surface area contributed by atoms with Crippen molar-refractivity contribution in [1.82, 2.24) is 0 Å². The molecule has 0 bridgehead atoms. The Morgan fingerprint density at radius 1 is 1.00 bits per heavy atom. The molecule has 7 nitrogen and oxygen atoms in total. The van der Waals surface area contributed by atoms with Crippen molar-refractivity contribution in [2.75, 3.05) is 17.1 Å². The van der Waals surface area contributed by atoms with Crippen LogP contribution in [0.1, 0.15) is 6.92 Å². The molecule has 0 aliphatic carbocycles. The van der Waals surface area contributed by atoms with Crippen LogP contribution in [0.25, 0.3) is 21.9 Å². The summed E-state index contributed by atoms with van der Waals surface area (Å²) in [6, 6.07) is 18.6. The number of rotatable bonds is 9. The summed E-state index contributed by atoms with van der Waals surface area (Å²) in [4.78, 5) is 11.2. The minimum absolute atomic E-state index is 0.00436. The zero-order chi connectivity index (χ0) is 25.9. The van der Waals surface area contributed by atoms with Gasteiger partial charge < -0.3 is 14.9 Å². The topological polar surface area (TPSA) is 113 Å². The number of carboxylic acid groups (broad SMARTS) is 1. The number of hydrogen-bond donors (Lipinski definition) is 3. The Labute approximate surface area is 211 Å². The number of sulfonamides is 1. The summed E-state index contributed by atoms with van der Waals surface area (Å²) in [5.74, 6) is -1.84. The summed E-state index contributed by atoms with van der Waals surface area (Å²) in [6.45, 7) is 2.07. The molecule has 10 heteroatoms. The van der Waals surface area contributed by atoms with E-state index in [4.69, 9.17) is 9.84 Å². The minimum atomic E-state index is -4.03. The highest BCUT2D eigenvalue weighted by Crippen LogP contribution is 2.40. The highest BCUT2D eigenvalue weighted by molar-refractivity contribution is 8.00. The standard InChI is InChI=1S/C26H22FNO6S2/c1-2-34-23-13-17(9-12-21(23)27)16-7-10-18(11-8-16)36(32,33)28-22-14-24(35-15-25(29)30)26(31)20-6-4-3-5-19(20)22/h3-14,28,31H,2,15H2,1H3,(H,29,30). The molecule has 0 radical (unpaired) electrons. The van der Waals surface area contributed by atoms with Gasteiger partial charge in [0.05, 0.1) is 27.8 Å². The van der Waals surface area contributed by atoms with Crippen molar-refractivity contribution < 1.29 is 32.6 Å². The van der Waals surface area contributed by atoms with Gasteiger partial charge in [-0.1, -0.05) is 42.5 Å². The summed E-state index contributed by atoms with van der Waals surface area (Å²) < 4.78 is 48.1. The van der Waals surface area contributed by atoms with Crippen LogP contribution in [0.15, 0.2) is 82.6 Å². The Morgan fingerprint density at radius 3 is 2.33 bits per heavy atom. The average Bonchev–Trinajstić information content (AvgIpc) is 2.86. The van der Waals surface area contributed by atoms with Crippen LogP contribution in [-0.2, 0) is 14.8 Å². The molecule has 0 aliphatic heterocycles. The second kappa shape index (κ2) is 10.5. The summed E-state index contributed by atoms with van der Waals surface area (Å²) >= 11 is 0.890. The number of halogens is 1. The first-order chi connectivity index (χ1) is 17.2. The average molecular weight is 528 g/mol. The Kier molecular flexibility index (Phi) is 7.37. The van der Waals surface area contributed by atoms with Crippen molar-refractivity contribution in [3.8, 4) is 22.6 Å². The first-order valence-electron chi connectivity index (χ1n) is 10.8. The number of phenolic OH excluding ortho intramolecular Hbond substituents is 1. The van der Waals surface area contributed by atoms with Crippen molar-refractivity contribution in [1.29, 1.82) is 0 Å². The van der Waals surface area contributed by atoms with E-state index in [1.54, 1.807) is 55.5 Å². The third-order valence-corrected chi connectivity index (χ3v) is 7.70. The van der Waals surface area contributed by atoms with Crippen LogP contribution in [-0.4, -0.2) is 37.0 Å². The quantitative estimate of drug-likeness (QED) is 0.188. The van der Waals surface area contributed by atoms with Crippen LogP contribution in [0, 0.1) is 5.82 Å². The van der Waals surface area contributed by atoms with Crippen molar-refractivity contribution in [3.63, 3.8) is 0 Å². The van der Waals surface area contributed by atoms with Gasteiger partial charge in [-0.15, -0.1) is 11.8 Å². The number of carboxylic acids is 1. The molecule has 186 valence electrons. The third kappa shape index (κ3) is 5.39. The molecular weight excluding hydrogens is 505 g/mol. The van der Waals surface area contributed by atoms with Gasteiger partial charge in [-0.3, -0.25) is 9.52 Å². The van der Waals surface area contributed by atoms with Crippen LogP contribution in [0.4, 0.5) is 10.1 Å². The zero-order valence-corrected chi connectivity index (χ0v) is 20.7. The molecule has 0 amide bonds. The fourth-order valence-corrected chi connectivity index (χ4v) is 5.45. The molecule has 0 saturated carbocycles. The van der Waals surface area contributed by atoms with Crippen molar-refractivity contribution in [2.24, 2.45) is 0 Å². The lowest BCUT2D eigenvalue weighted by atomic mass is 10.1. The van der Waals surface area contributed by atoms with Gasteiger partial charge in [0.25, 0.3) is 10.0 Å². The van der Waals surface area contributed by atoms with Crippen LogP contribution >= 0.6 is 11.8 Å². The van der Waals surface area contributed by atoms with Crippen molar-refractivity contribution in [2.45, 2.75) is 16.7 Å². The van der Waals surface area contributed by atoms with Crippen molar-refractivity contribution in [3.05, 3.63) is 78.6 Å². The lowest BCUT2D eigenvalue weighted by Gasteiger charge is -2.15. The fraction of sp³-hybridized carbons (Fsp3) is 0.115. The van der Waals surface area contributed by atoms with Gasteiger partial charge in [0.2, 0.25) is 0 Å². The Morgan fingerprint density at radius 2 is 1.67 bits per heavy atom. The first kappa shape index (κ1) is 25.3. The number of thioether (sulfide) groups is 1. The van der Waals surface area contributed by atoms with E-state index >= 15 is 0 Å². The largest absolute Gasteiger partial charge is 0.506 e. The fourth-order valence-electron chi connectivity index (χ4n) is 3.65. The first-order valence-corrected chi connectivity index (χ1v) is 13.3. The molecule has 4 aromatic rings.